The summed E-state index contributed by atoms with van der Waals surface area (Å²) >= 11 is 7.71. The number of rotatable bonds is 6. The topological polar surface area (TPSA) is 85.3 Å². The summed E-state index contributed by atoms with van der Waals surface area (Å²) in [5.74, 6) is -2.14. The number of methoxy groups -OCH3 is 3. The van der Waals surface area contributed by atoms with Gasteiger partial charge in [0.2, 0.25) is 0 Å². The average molecular weight is 450 g/mol. The van der Waals surface area contributed by atoms with E-state index in [0.29, 0.717) is 12.1 Å². The van der Waals surface area contributed by atoms with Crippen LogP contribution in [0.3, 0.4) is 0 Å². The van der Waals surface area contributed by atoms with Crippen LogP contribution in [0.4, 0.5) is 0 Å². The van der Waals surface area contributed by atoms with Crippen molar-refractivity contribution in [2.45, 2.75) is 12.5 Å². The minimum atomic E-state index is -0.823. The van der Waals surface area contributed by atoms with Crippen molar-refractivity contribution in [3.05, 3.63) is 68.7 Å². The van der Waals surface area contributed by atoms with Gasteiger partial charge >= 0.3 is 11.9 Å². The Hall–Kier alpha value is -2.97. The number of carbonyl (C=O) groups excluding carboxylic acids is 2. The predicted molar refractivity (Wildman–Crippen MR) is 112 cm³/mol. The fourth-order valence-electron chi connectivity index (χ4n) is 3.24. The molecular weight excluding hydrogens is 430 g/mol. The molecule has 9 heteroatoms. The molecule has 1 aromatic heterocycles. The van der Waals surface area contributed by atoms with E-state index >= 15 is 0 Å². The van der Waals surface area contributed by atoms with Crippen LogP contribution in [0.25, 0.3) is 0 Å². The molecule has 1 aliphatic rings. The van der Waals surface area contributed by atoms with Crippen molar-refractivity contribution in [1.82, 2.24) is 4.90 Å². The number of halogens is 1. The van der Waals surface area contributed by atoms with Crippen LogP contribution in [0.2, 0.25) is 5.02 Å². The normalized spacial score (nSPS) is 14.1. The number of phenols is 1. The predicted octanol–water partition coefficient (Wildman–Crippen LogP) is 3.83. The average Bonchev–Trinajstić information content (AvgIpc) is 3.26. The summed E-state index contributed by atoms with van der Waals surface area (Å²) in [7, 11) is 3.92. The molecule has 0 saturated carbocycles. The van der Waals surface area contributed by atoms with Crippen molar-refractivity contribution >= 4 is 34.9 Å². The lowest BCUT2D eigenvalue weighted by molar-refractivity contribution is -0.137. The van der Waals surface area contributed by atoms with Gasteiger partial charge in [-0.3, -0.25) is 0 Å². The van der Waals surface area contributed by atoms with Crippen molar-refractivity contribution in [2.75, 3.05) is 21.3 Å². The van der Waals surface area contributed by atoms with Gasteiger partial charge in [-0.2, -0.15) is 0 Å². The molecule has 0 bridgehead atoms. The van der Waals surface area contributed by atoms with E-state index in [1.807, 2.05) is 17.5 Å². The van der Waals surface area contributed by atoms with Gasteiger partial charge in [-0.1, -0.05) is 17.7 Å². The van der Waals surface area contributed by atoms with Crippen LogP contribution < -0.4 is 4.74 Å². The Balaban J connectivity index is 2.15. The zero-order valence-electron chi connectivity index (χ0n) is 16.5. The van der Waals surface area contributed by atoms with Gasteiger partial charge in [0.15, 0.2) is 11.5 Å². The number of carbonyl (C=O) groups is 2. The SMILES string of the molecule is COC(=O)C1=CN(Cc2cccs2)C=C(C(=O)OC)C1c1cc(Cl)c(O)c(OC)c1. The highest BCUT2D eigenvalue weighted by molar-refractivity contribution is 7.09. The Morgan fingerprint density at radius 1 is 1.13 bits per heavy atom. The number of esters is 2. The summed E-state index contributed by atoms with van der Waals surface area (Å²) < 4.78 is 15.1. The van der Waals surface area contributed by atoms with E-state index in [4.69, 9.17) is 25.8 Å². The highest BCUT2D eigenvalue weighted by Crippen LogP contribution is 2.43. The first-order valence-electron chi connectivity index (χ1n) is 8.84. The third kappa shape index (κ3) is 4.29. The van der Waals surface area contributed by atoms with Crippen molar-refractivity contribution in [3.63, 3.8) is 0 Å². The molecule has 1 aromatic carbocycles. The smallest absolute Gasteiger partial charge is 0.336 e. The molecule has 2 heterocycles. The molecule has 0 aliphatic carbocycles. The van der Waals surface area contributed by atoms with Crippen LogP contribution in [0.15, 0.2) is 53.2 Å². The van der Waals surface area contributed by atoms with Gasteiger partial charge in [0.05, 0.1) is 50.0 Å². The third-order valence-electron chi connectivity index (χ3n) is 4.60. The quantitative estimate of drug-likeness (QED) is 0.671. The second kappa shape index (κ2) is 9.23. The Bertz CT molecular complexity index is 981. The zero-order valence-corrected chi connectivity index (χ0v) is 18.1. The van der Waals surface area contributed by atoms with Crippen molar-refractivity contribution < 1.29 is 28.9 Å². The molecule has 158 valence electrons. The molecule has 0 radical (unpaired) electrons. The molecule has 30 heavy (non-hydrogen) atoms. The van der Waals surface area contributed by atoms with Crippen molar-refractivity contribution in [2.24, 2.45) is 0 Å². The minimum Gasteiger partial charge on any atom is -0.503 e. The van der Waals surface area contributed by atoms with Crippen LogP contribution in [0.1, 0.15) is 16.4 Å². The zero-order chi connectivity index (χ0) is 21.8. The molecule has 0 fully saturated rings. The standard InChI is InChI=1S/C21H20ClNO6S/c1-27-17-8-12(7-16(22)19(17)24)18-14(20(25)28-2)10-23(9-13-5-4-6-30-13)11-15(18)21(26)29-3/h4-8,10-11,18,24H,9H2,1-3H3. The highest BCUT2D eigenvalue weighted by Gasteiger charge is 2.36. The number of aromatic hydroxyl groups is 1. The molecule has 3 rings (SSSR count). The second-order valence-corrected chi connectivity index (χ2v) is 7.83. The number of nitrogens with zero attached hydrogens (tertiary/aromatic N) is 1. The maximum absolute atomic E-state index is 12.7. The summed E-state index contributed by atoms with van der Waals surface area (Å²) in [6.45, 7) is 0.463. The van der Waals surface area contributed by atoms with Gasteiger partial charge in [-0.25, -0.2) is 9.59 Å². The van der Waals surface area contributed by atoms with Gasteiger partial charge in [0.1, 0.15) is 0 Å². The maximum Gasteiger partial charge on any atom is 0.336 e. The Kier molecular flexibility index (Phi) is 6.69. The van der Waals surface area contributed by atoms with E-state index in [9.17, 15) is 14.7 Å². The molecule has 1 aliphatic heterocycles. The van der Waals surface area contributed by atoms with Crippen molar-refractivity contribution in [1.29, 1.82) is 0 Å². The summed E-state index contributed by atoms with van der Waals surface area (Å²) in [6, 6.07) is 6.88. The lowest BCUT2D eigenvalue weighted by Gasteiger charge is -2.30. The summed E-state index contributed by atoms with van der Waals surface area (Å²) in [4.78, 5) is 28.1. The summed E-state index contributed by atoms with van der Waals surface area (Å²) in [5.41, 5.74) is 0.917. The van der Waals surface area contributed by atoms with Gasteiger partial charge in [-0.15, -0.1) is 11.3 Å². The van der Waals surface area contributed by atoms with Crippen LogP contribution in [0, 0.1) is 0 Å². The van der Waals surface area contributed by atoms with E-state index in [1.165, 1.54) is 33.5 Å². The molecular formula is C21H20ClNO6S. The third-order valence-corrected chi connectivity index (χ3v) is 5.75. The van der Waals surface area contributed by atoms with Crippen LogP contribution in [-0.2, 0) is 25.6 Å². The highest BCUT2D eigenvalue weighted by atomic mass is 35.5. The number of phenolic OH excluding ortho intramolecular Hbond substituents is 1. The first kappa shape index (κ1) is 21.7. The number of thiophene rings is 1. The van der Waals surface area contributed by atoms with Crippen LogP contribution in [-0.4, -0.2) is 43.3 Å². The molecule has 7 nitrogen and oxygen atoms in total. The number of ether oxygens (including phenoxy) is 3. The number of benzene rings is 1. The minimum absolute atomic E-state index is 0.0267. The lowest BCUT2D eigenvalue weighted by Crippen LogP contribution is -2.28. The van der Waals surface area contributed by atoms with Crippen LogP contribution >= 0.6 is 22.9 Å². The monoisotopic (exact) mass is 449 g/mol. The lowest BCUT2D eigenvalue weighted by atomic mass is 9.83. The number of hydrogen-bond acceptors (Lipinski definition) is 8. The second-order valence-electron chi connectivity index (χ2n) is 6.39. The van der Waals surface area contributed by atoms with Crippen molar-refractivity contribution in [3.8, 4) is 11.5 Å². The van der Waals surface area contributed by atoms with E-state index in [2.05, 4.69) is 0 Å². The molecule has 0 spiro atoms. The van der Waals surface area contributed by atoms with Gasteiger partial charge in [0, 0.05) is 17.3 Å². The first-order valence-corrected chi connectivity index (χ1v) is 10.1. The summed E-state index contributed by atoms with van der Waals surface area (Å²) in [6.07, 6.45) is 3.27. The maximum atomic E-state index is 12.7. The molecule has 0 amide bonds. The fraction of sp³-hybridized carbons (Fsp3) is 0.238. The van der Waals surface area contributed by atoms with E-state index in [-0.39, 0.29) is 27.7 Å². The Morgan fingerprint density at radius 2 is 1.77 bits per heavy atom. The molecule has 0 unspecified atom stereocenters. The van der Waals surface area contributed by atoms with Crippen LogP contribution in [0.5, 0.6) is 11.5 Å². The molecule has 2 aromatic rings. The van der Waals surface area contributed by atoms with E-state index in [0.717, 1.165) is 4.88 Å². The Morgan fingerprint density at radius 3 is 2.27 bits per heavy atom. The van der Waals surface area contributed by atoms with E-state index in [1.54, 1.807) is 28.6 Å². The fourth-order valence-corrected chi connectivity index (χ4v) is 4.17. The van der Waals surface area contributed by atoms with Gasteiger partial charge in [-0.05, 0) is 29.1 Å². The summed E-state index contributed by atoms with van der Waals surface area (Å²) in [5, 5.41) is 12.0. The van der Waals surface area contributed by atoms with E-state index < -0.39 is 17.9 Å². The largest absolute Gasteiger partial charge is 0.503 e. The molecule has 0 saturated heterocycles. The van der Waals surface area contributed by atoms with Gasteiger partial charge < -0.3 is 24.2 Å². The molecule has 1 N–H and O–H groups in total. The first-order chi connectivity index (χ1) is 14.4. The van der Waals surface area contributed by atoms with Gasteiger partial charge in [0.25, 0.3) is 0 Å². The molecule has 0 atom stereocenters. The Labute approximate surface area is 182 Å². The number of hydrogen-bond donors (Lipinski definition) is 1.